The largest absolute Gasteiger partial charge is 0.486 e. The van der Waals surface area contributed by atoms with E-state index >= 15 is 0 Å². The normalized spacial score (nSPS) is 26.4. The van der Waals surface area contributed by atoms with Crippen molar-refractivity contribution in [3.8, 4) is 11.5 Å². The lowest BCUT2D eigenvalue weighted by Crippen LogP contribution is -2.26. The van der Waals surface area contributed by atoms with Gasteiger partial charge in [0.15, 0.2) is 11.5 Å². The smallest absolute Gasteiger partial charge is 0.161 e. The van der Waals surface area contributed by atoms with E-state index in [4.69, 9.17) is 15.2 Å². The number of nitrogens with two attached hydrogens (primary N) is 1. The van der Waals surface area contributed by atoms with Crippen LogP contribution in [0.4, 0.5) is 0 Å². The second kappa shape index (κ2) is 6.69. The molecule has 1 aliphatic carbocycles. The van der Waals surface area contributed by atoms with Crippen LogP contribution in [0.5, 0.6) is 11.5 Å². The van der Waals surface area contributed by atoms with Crippen LogP contribution in [0.1, 0.15) is 57.1 Å². The van der Waals surface area contributed by atoms with E-state index in [1.54, 1.807) is 0 Å². The average Bonchev–Trinajstić information content (AvgIpc) is 2.55. The maximum absolute atomic E-state index is 6.53. The van der Waals surface area contributed by atoms with Crippen molar-refractivity contribution in [2.24, 2.45) is 17.6 Å². The van der Waals surface area contributed by atoms with Crippen molar-refractivity contribution in [2.45, 2.75) is 51.5 Å². The zero-order valence-corrected chi connectivity index (χ0v) is 13.0. The second-order valence-corrected chi connectivity index (χ2v) is 6.50. The highest BCUT2D eigenvalue weighted by atomic mass is 16.6. The molecule has 3 nitrogen and oxygen atoms in total. The number of fused-ring (bicyclic) bond motifs is 1. The molecule has 1 saturated carbocycles. The van der Waals surface area contributed by atoms with Gasteiger partial charge in [0.25, 0.3) is 0 Å². The highest BCUT2D eigenvalue weighted by Crippen LogP contribution is 2.39. The number of benzene rings is 1. The molecule has 0 radical (unpaired) electrons. The molecule has 1 atom stereocenters. The summed E-state index contributed by atoms with van der Waals surface area (Å²) in [5, 5.41) is 0. The minimum atomic E-state index is 0.128. The van der Waals surface area contributed by atoms with Gasteiger partial charge in [0.2, 0.25) is 0 Å². The van der Waals surface area contributed by atoms with Crippen molar-refractivity contribution >= 4 is 0 Å². The molecule has 3 heteroatoms. The molecule has 1 heterocycles. The van der Waals surface area contributed by atoms with Crippen molar-refractivity contribution in [2.75, 3.05) is 13.2 Å². The minimum Gasteiger partial charge on any atom is -0.486 e. The summed E-state index contributed by atoms with van der Waals surface area (Å²) >= 11 is 0. The van der Waals surface area contributed by atoms with Gasteiger partial charge >= 0.3 is 0 Å². The third-order valence-electron chi connectivity index (χ3n) is 5.05. The Balaban J connectivity index is 1.64. The summed E-state index contributed by atoms with van der Waals surface area (Å²) in [6.45, 7) is 3.56. The van der Waals surface area contributed by atoms with Gasteiger partial charge < -0.3 is 15.2 Å². The molecule has 0 saturated heterocycles. The molecule has 0 bridgehead atoms. The molecule has 0 amide bonds. The van der Waals surface area contributed by atoms with Crippen molar-refractivity contribution in [3.63, 3.8) is 0 Å². The molecular formula is C18H27NO2. The van der Waals surface area contributed by atoms with Crippen molar-refractivity contribution in [1.82, 2.24) is 0 Å². The van der Waals surface area contributed by atoms with Crippen LogP contribution < -0.4 is 15.2 Å². The fourth-order valence-corrected chi connectivity index (χ4v) is 3.78. The zero-order chi connectivity index (χ0) is 14.7. The topological polar surface area (TPSA) is 44.5 Å². The Morgan fingerprint density at radius 2 is 1.81 bits per heavy atom. The molecule has 3 rings (SSSR count). The molecule has 1 aliphatic heterocycles. The highest BCUT2D eigenvalue weighted by Gasteiger charge is 2.27. The molecule has 1 aromatic carbocycles. The molecule has 2 N–H and O–H groups in total. The van der Waals surface area contributed by atoms with Gasteiger partial charge in [0.05, 0.1) is 0 Å². The first-order chi connectivity index (χ1) is 10.3. The highest BCUT2D eigenvalue weighted by molar-refractivity contribution is 5.44. The molecule has 0 aromatic heterocycles. The van der Waals surface area contributed by atoms with E-state index in [0.717, 1.165) is 17.4 Å². The van der Waals surface area contributed by atoms with Crippen LogP contribution in [-0.2, 0) is 0 Å². The van der Waals surface area contributed by atoms with Gasteiger partial charge in [0.1, 0.15) is 13.2 Å². The Morgan fingerprint density at radius 1 is 1.10 bits per heavy atom. The average molecular weight is 289 g/mol. The molecule has 1 unspecified atom stereocenters. The Hall–Kier alpha value is -1.22. The summed E-state index contributed by atoms with van der Waals surface area (Å²) in [4.78, 5) is 0. The van der Waals surface area contributed by atoms with Gasteiger partial charge in [-0.25, -0.2) is 0 Å². The zero-order valence-electron chi connectivity index (χ0n) is 13.0. The maximum atomic E-state index is 6.53. The lowest BCUT2D eigenvalue weighted by molar-refractivity contribution is 0.171. The summed E-state index contributed by atoms with van der Waals surface area (Å²) in [5.74, 6) is 3.25. The fourth-order valence-electron chi connectivity index (χ4n) is 3.78. The number of hydrogen-bond acceptors (Lipinski definition) is 3. The van der Waals surface area contributed by atoms with E-state index in [9.17, 15) is 0 Å². The van der Waals surface area contributed by atoms with Crippen molar-refractivity contribution in [3.05, 3.63) is 23.8 Å². The number of hydrogen-bond donors (Lipinski definition) is 1. The van der Waals surface area contributed by atoms with Crippen LogP contribution >= 0.6 is 0 Å². The predicted octanol–water partition coefficient (Wildman–Crippen LogP) is 4.06. The van der Waals surface area contributed by atoms with Crippen LogP contribution in [0.3, 0.4) is 0 Å². The summed E-state index contributed by atoms with van der Waals surface area (Å²) in [5.41, 5.74) is 7.72. The quantitative estimate of drug-likeness (QED) is 0.909. The summed E-state index contributed by atoms with van der Waals surface area (Å²) in [6, 6.07) is 6.32. The molecule has 2 aliphatic rings. The SMILES string of the molecule is CCCC1CCC(C(N)c2ccc3c(c2)OCCO3)CC1. The van der Waals surface area contributed by atoms with Crippen LogP contribution in [0.2, 0.25) is 0 Å². The molecule has 1 aromatic rings. The van der Waals surface area contributed by atoms with Gasteiger partial charge in [-0.1, -0.05) is 38.7 Å². The van der Waals surface area contributed by atoms with Crippen LogP contribution in [0.15, 0.2) is 18.2 Å². The van der Waals surface area contributed by atoms with Gasteiger partial charge in [-0.2, -0.15) is 0 Å². The van der Waals surface area contributed by atoms with E-state index in [-0.39, 0.29) is 6.04 Å². The first kappa shape index (κ1) is 14.7. The third kappa shape index (κ3) is 3.34. The maximum Gasteiger partial charge on any atom is 0.161 e. The van der Waals surface area contributed by atoms with Gasteiger partial charge in [-0.15, -0.1) is 0 Å². The van der Waals surface area contributed by atoms with E-state index in [2.05, 4.69) is 19.1 Å². The minimum absolute atomic E-state index is 0.128. The molecule has 1 fully saturated rings. The van der Waals surface area contributed by atoms with Crippen molar-refractivity contribution in [1.29, 1.82) is 0 Å². The Bertz CT molecular complexity index is 466. The lowest BCUT2D eigenvalue weighted by Gasteiger charge is -2.32. The van der Waals surface area contributed by atoms with Crippen molar-refractivity contribution < 1.29 is 9.47 Å². The van der Waals surface area contributed by atoms with Gasteiger partial charge in [0, 0.05) is 6.04 Å². The molecule has 116 valence electrons. The Labute approximate surface area is 127 Å². The van der Waals surface area contributed by atoms with E-state index in [1.807, 2.05) is 6.07 Å². The second-order valence-electron chi connectivity index (χ2n) is 6.50. The standard InChI is InChI=1S/C18H27NO2/c1-2-3-13-4-6-14(7-5-13)18(19)15-8-9-16-17(12-15)21-11-10-20-16/h8-9,12-14,18H,2-7,10-11,19H2,1H3. The summed E-state index contributed by atoms with van der Waals surface area (Å²) in [6.07, 6.45) is 7.91. The van der Waals surface area contributed by atoms with Crippen LogP contribution in [0, 0.1) is 11.8 Å². The molecular weight excluding hydrogens is 262 g/mol. The van der Waals surface area contributed by atoms with E-state index in [1.165, 1.54) is 44.1 Å². The molecule has 0 spiro atoms. The fraction of sp³-hybridized carbons (Fsp3) is 0.667. The first-order valence-corrected chi connectivity index (χ1v) is 8.43. The summed E-state index contributed by atoms with van der Waals surface area (Å²) in [7, 11) is 0. The van der Waals surface area contributed by atoms with E-state index in [0.29, 0.717) is 19.1 Å². The predicted molar refractivity (Wildman–Crippen MR) is 84.7 cm³/mol. The summed E-state index contributed by atoms with van der Waals surface area (Å²) < 4.78 is 11.2. The molecule has 21 heavy (non-hydrogen) atoms. The first-order valence-electron chi connectivity index (χ1n) is 8.43. The Kier molecular flexibility index (Phi) is 4.69. The van der Waals surface area contributed by atoms with E-state index < -0.39 is 0 Å². The lowest BCUT2D eigenvalue weighted by atomic mass is 9.76. The van der Waals surface area contributed by atoms with Gasteiger partial charge in [-0.3, -0.25) is 0 Å². The number of rotatable bonds is 4. The van der Waals surface area contributed by atoms with Crippen LogP contribution in [0.25, 0.3) is 0 Å². The Morgan fingerprint density at radius 3 is 2.52 bits per heavy atom. The number of ether oxygens (including phenoxy) is 2. The van der Waals surface area contributed by atoms with Crippen LogP contribution in [-0.4, -0.2) is 13.2 Å². The van der Waals surface area contributed by atoms with Gasteiger partial charge in [-0.05, 0) is 42.4 Å². The monoisotopic (exact) mass is 289 g/mol. The third-order valence-corrected chi connectivity index (χ3v) is 5.05.